The minimum absolute atomic E-state index is 0.558. The van der Waals surface area contributed by atoms with Gasteiger partial charge in [-0.2, -0.15) is 5.26 Å². The van der Waals surface area contributed by atoms with Crippen molar-refractivity contribution in [1.82, 2.24) is 5.32 Å². The van der Waals surface area contributed by atoms with E-state index in [1.54, 1.807) is 25.3 Å². The number of rotatable bonds is 5. The number of nitriles is 1. The van der Waals surface area contributed by atoms with Crippen molar-refractivity contribution in [3.05, 3.63) is 23.8 Å². The standard InChI is InChI=1S/C15H20N2O2/c1-18-14-5-4-13(10-16)15(9-14)19-8-6-12-3-2-7-17-11-12/h4-5,9,12,17H,2-3,6-8,11H2,1H3. The minimum Gasteiger partial charge on any atom is -0.497 e. The monoisotopic (exact) mass is 260 g/mol. The fourth-order valence-electron chi connectivity index (χ4n) is 2.35. The Kier molecular flexibility index (Phi) is 5.05. The molecule has 1 heterocycles. The molecule has 19 heavy (non-hydrogen) atoms. The molecule has 1 N–H and O–H groups in total. The molecule has 1 aromatic carbocycles. The number of nitrogens with zero attached hydrogens (tertiary/aromatic N) is 1. The highest BCUT2D eigenvalue weighted by Gasteiger charge is 2.13. The Morgan fingerprint density at radius 2 is 2.37 bits per heavy atom. The van der Waals surface area contributed by atoms with Gasteiger partial charge in [0.1, 0.15) is 17.6 Å². The van der Waals surface area contributed by atoms with E-state index in [9.17, 15) is 0 Å². The number of methoxy groups -OCH3 is 1. The third kappa shape index (κ3) is 3.87. The van der Waals surface area contributed by atoms with Crippen molar-refractivity contribution < 1.29 is 9.47 Å². The van der Waals surface area contributed by atoms with Gasteiger partial charge in [-0.1, -0.05) is 0 Å². The molecule has 102 valence electrons. The Labute approximate surface area is 114 Å². The Hall–Kier alpha value is -1.73. The summed E-state index contributed by atoms with van der Waals surface area (Å²) in [6, 6.07) is 7.42. The molecule has 0 amide bonds. The maximum absolute atomic E-state index is 9.05. The Morgan fingerprint density at radius 3 is 3.05 bits per heavy atom. The van der Waals surface area contributed by atoms with Crippen LogP contribution in [0.4, 0.5) is 0 Å². The number of benzene rings is 1. The summed E-state index contributed by atoms with van der Waals surface area (Å²) in [5.41, 5.74) is 0.558. The average molecular weight is 260 g/mol. The Balaban J connectivity index is 1.89. The van der Waals surface area contributed by atoms with Gasteiger partial charge in [0.05, 0.1) is 19.3 Å². The quantitative estimate of drug-likeness (QED) is 0.883. The van der Waals surface area contributed by atoms with Crippen molar-refractivity contribution in [3.8, 4) is 17.6 Å². The molecule has 1 fully saturated rings. The van der Waals surface area contributed by atoms with Crippen molar-refractivity contribution in [2.45, 2.75) is 19.3 Å². The lowest BCUT2D eigenvalue weighted by Gasteiger charge is -2.22. The lowest BCUT2D eigenvalue weighted by molar-refractivity contribution is 0.253. The summed E-state index contributed by atoms with van der Waals surface area (Å²) < 4.78 is 10.9. The summed E-state index contributed by atoms with van der Waals surface area (Å²) in [6.07, 6.45) is 3.53. The molecule has 1 unspecified atom stereocenters. The average Bonchev–Trinajstić information content (AvgIpc) is 2.48. The van der Waals surface area contributed by atoms with E-state index in [1.165, 1.54) is 12.8 Å². The maximum atomic E-state index is 9.05. The molecule has 1 atom stereocenters. The third-order valence-electron chi connectivity index (χ3n) is 3.49. The zero-order valence-corrected chi connectivity index (χ0v) is 11.3. The molecule has 4 heteroatoms. The second-order valence-corrected chi connectivity index (χ2v) is 4.82. The lowest BCUT2D eigenvalue weighted by Crippen LogP contribution is -2.30. The second-order valence-electron chi connectivity index (χ2n) is 4.82. The van der Waals surface area contributed by atoms with E-state index in [1.807, 2.05) is 0 Å². The van der Waals surface area contributed by atoms with Gasteiger partial charge in [0, 0.05) is 6.07 Å². The normalized spacial score (nSPS) is 18.6. The topological polar surface area (TPSA) is 54.3 Å². The molecular weight excluding hydrogens is 240 g/mol. The van der Waals surface area contributed by atoms with E-state index in [-0.39, 0.29) is 0 Å². The highest BCUT2D eigenvalue weighted by Crippen LogP contribution is 2.25. The molecule has 0 saturated carbocycles. The van der Waals surface area contributed by atoms with Crippen LogP contribution < -0.4 is 14.8 Å². The van der Waals surface area contributed by atoms with Crippen LogP contribution in [-0.2, 0) is 0 Å². The summed E-state index contributed by atoms with van der Waals surface area (Å²) in [5.74, 6) is 2.02. The van der Waals surface area contributed by atoms with E-state index in [4.69, 9.17) is 14.7 Å². The van der Waals surface area contributed by atoms with E-state index in [0.29, 0.717) is 29.6 Å². The Morgan fingerprint density at radius 1 is 1.47 bits per heavy atom. The van der Waals surface area contributed by atoms with E-state index < -0.39 is 0 Å². The first-order valence-electron chi connectivity index (χ1n) is 6.75. The lowest BCUT2D eigenvalue weighted by atomic mass is 9.97. The molecule has 1 saturated heterocycles. The zero-order valence-electron chi connectivity index (χ0n) is 11.3. The van der Waals surface area contributed by atoms with Crippen LogP contribution in [0.2, 0.25) is 0 Å². The third-order valence-corrected chi connectivity index (χ3v) is 3.49. The summed E-state index contributed by atoms with van der Waals surface area (Å²) >= 11 is 0. The van der Waals surface area contributed by atoms with Crippen LogP contribution in [0.5, 0.6) is 11.5 Å². The molecule has 0 bridgehead atoms. The molecule has 0 radical (unpaired) electrons. The van der Waals surface area contributed by atoms with Crippen LogP contribution in [0.1, 0.15) is 24.8 Å². The largest absolute Gasteiger partial charge is 0.497 e. The number of hydrogen-bond donors (Lipinski definition) is 1. The van der Waals surface area contributed by atoms with E-state index in [0.717, 1.165) is 19.5 Å². The zero-order chi connectivity index (χ0) is 13.5. The van der Waals surface area contributed by atoms with Crippen LogP contribution in [0.3, 0.4) is 0 Å². The molecule has 0 aliphatic carbocycles. The van der Waals surface area contributed by atoms with Crippen molar-refractivity contribution in [1.29, 1.82) is 5.26 Å². The first-order valence-corrected chi connectivity index (χ1v) is 6.75. The predicted octanol–water partition coefficient (Wildman–Crippen LogP) is 2.34. The molecule has 1 aliphatic heterocycles. The van der Waals surface area contributed by atoms with Gasteiger partial charge in [-0.15, -0.1) is 0 Å². The van der Waals surface area contributed by atoms with Gasteiger partial charge in [-0.3, -0.25) is 0 Å². The van der Waals surface area contributed by atoms with Gasteiger partial charge in [0.25, 0.3) is 0 Å². The van der Waals surface area contributed by atoms with Crippen LogP contribution in [-0.4, -0.2) is 26.8 Å². The van der Waals surface area contributed by atoms with Gasteiger partial charge in [0.2, 0.25) is 0 Å². The molecular formula is C15H20N2O2. The van der Waals surface area contributed by atoms with Crippen molar-refractivity contribution in [3.63, 3.8) is 0 Å². The second kappa shape index (κ2) is 7.01. The summed E-state index contributed by atoms with van der Waals surface area (Å²) in [4.78, 5) is 0. The molecule has 0 aromatic heterocycles. The van der Waals surface area contributed by atoms with Crippen LogP contribution >= 0.6 is 0 Å². The minimum atomic E-state index is 0.558. The van der Waals surface area contributed by atoms with Gasteiger partial charge in [-0.25, -0.2) is 0 Å². The van der Waals surface area contributed by atoms with Gasteiger partial charge in [0.15, 0.2) is 0 Å². The number of piperidine rings is 1. The Bertz CT molecular complexity index is 448. The first-order chi connectivity index (χ1) is 9.33. The number of ether oxygens (including phenoxy) is 2. The highest BCUT2D eigenvalue weighted by atomic mass is 16.5. The molecule has 0 spiro atoms. The van der Waals surface area contributed by atoms with Crippen LogP contribution in [0.15, 0.2) is 18.2 Å². The van der Waals surface area contributed by atoms with Crippen molar-refractivity contribution in [2.24, 2.45) is 5.92 Å². The summed E-state index contributed by atoms with van der Waals surface area (Å²) in [6.45, 7) is 2.85. The number of nitrogens with one attached hydrogen (secondary N) is 1. The molecule has 1 aromatic rings. The van der Waals surface area contributed by atoms with E-state index >= 15 is 0 Å². The fourth-order valence-corrected chi connectivity index (χ4v) is 2.35. The molecule has 4 nitrogen and oxygen atoms in total. The van der Waals surface area contributed by atoms with Gasteiger partial charge >= 0.3 is 0 Å². The van der Waals surface area contributed by atoms with E-state index in [2.05, 4.69) is 11.4 Å². The first kappa shape index (κ1) is 13.7. The highest BCUT2D eigenvalue weighted by molar-refractivity contribution is 5.47. The van der Waals surface area contributed by atoms with Gasteiger partial charge < -0.3 is 14.8 Å². The van der Waals surface area contributed by atoms with Crippen molar-refractivity contribution >= 4 is 0 Å². The predicted molar refractivity (Wildman–Crippen MR) is 73.4 cm³/mol. The smallest absolute Gasteiger partial charge is 0.140 e. The molecule has 2 rings (SSSR count). The van der Waals surface area contributed by atoms with Crippen LogP contribution in [0, 0.1) is 17.2 Å². The molecule has 1 aliphatic rings. The maximum Gasteiger partial charge on any atom is 0.140 e. The van der Waals surface area contributed by atoms with Crippen LogP contribution in [0.25, 0.3) is 0 Å². The summed E-state index contributed by atoms with van der Waals surface area (Å²) in [5, 5.41) is 12.4. The number of hydrogen-bond acceptors (Lipinski definition) is 4. The fraction of sp³-hybridized carbons (Fsp3) is 0.533. The van der Waals surface area contributed by atoms with Gasteiger partial charge in [-0.05, 0) is 50.4 Å². The summed E-state index contributed by atoms with van der Waals surface area (Å²) in [7, 11) is 1.61. The van der Waals surface area contributed by atoms with Crippen molar-refractivity contribution in [2.75, 3.05) is 26.8 Å². The SMILES string of the molecule is COc1ccc(C#N)c(OCCC2CCCNC2)c1.